The lowest BCUT2D eigenvalue weighted by atomic mass is 10.1. The molecule has 2 aliphatic heterocycles. The van der Waals surface area contributed by atoms with Crippen LogP contribution in [0.15, 0.2) is 42.5 Å². The number of rotatable bonds is 3. The van der Waals surface area contributed by atoms with Gasteiger partial charge in [0, 0.05) is 60.9 Å². The maximum atomic E-state index is 13.5. The van der Waals surface area contributed by atoms with Crippen molar-refractivity contribution in [2.75, 3.05) is 49.9 Å². The largest absolute Gasteiger partial charge is 0.451 e. The number of aromatic nitrogens is 2. The number of alkyl halides is 3. The summed E-state index contributed by atoms with van der Waals surface area (Å²) in [5.41, 5.74) is 6.94. The Bertz CT molecular complexity index is 1280. The molecule has 12 heteroatoms. The number of fused-ring (bicyclic) bond motifs is 1. The van der Waals surface area contributed by atoms with E-state index in [1.165, 1.54) is 12.1 Å². The van der Waals surface area contributed by atoms with Crippen molar-refractivity contribution < 1.29 is 23.1 Å². The number of nitrogens with two attached hydrogens (primary N) is 1. The number of piperazine rings is 1. The lowest BCUT2D eigenvalue weighted by Crippen LogP contribution is -2.54. The Balaban J connectivity index is 1.32. The standard InChI is InChI=1S/C24H24ClF3N6O2/c25-15-3-1-14(2-4-15)22(36)33-9-7-32(8-10-33)19-12-34(13-20(19)35)21-17-11-16(29)5-6-18(17)30-23(31-21)24(26,27)28/h1-6,11,19-20,35H,7-10,12-13,29H2/t19-,20-/m0/s1. The van der Waals surface area contributed by atoms with Gasteiger partial charge in [0.25, 0.3) is 5.91 Å². The number of halogens is 4. The number of nitrogens with zero attached hydrogens (tertiary/aromatic N) is 5. The molecular weight excluding hydrogens is 497 g/mol. The average Bonchev–Trinajstić information content (AvgIpc) is 3.24. The summed E-state index contributed by atoms with van der Waals surface area (Å²) in [4.78, 5) is 25.8. The van der Waals surface area contributed by atoms with E-state index in [2.05, 4.69) is 14.9 Å². The second-order valence-electron chi connectivity index (χ2n) is 9.02. The second kappa shape index (κ2) is 9.38. The maximum Gasteiger partial charge on any atom is 0.451 e. The highest BCUT2D eigenvalue weighted by atomic mass is 35.5. The predicted molar refractivity (Wildman–Crippen MR) is 130 cm³/mol. The van der Waals surface area contributed by atoms with E-state index in [4.69, 9.17) is 17.3 Å². The summed E-state index contributed by atoms with van der Waals surface area (Å²) < 4.78 is 40.5. The summed E-state index contributed by atoms with van der Waals surface area (Å²) in [5, 5.41) is 11.8. The van der Waals surface area contributed by atoms with Gasteiger partial charge in [-0.05, 0) is 42.5 Å². The van der Waals surface area contributed by atoms with Crippen LogP contribution in [0.4, 0.5) is 24.7 Å². The highest BCUT2D eigenvalue weighted by molar-refractivity contribution is 6.30. The molecule has 8 nitrogen and oxygen atoms in total. The Hall–Kier alpha value is -3.15. The molecule has 2 aromatic carbocycles. The third kappa shape index (κ3) is 4.78. The molecule has 2 fully saturated rings. The fourth-order valence-corrected chi connectivity index (χ4v) is 4.96. The predicted octanol–water partition coefficient (Wildman–Crippen LogP) is 2.89. The van der Waals surface area contributed by atoms with Gasteiger partial charge in [-0.25, -0.2) is 9.97 Å². The Morgan fingerprint density at radius 2 is 1.72 bits per heavy atom. The van der Waals surface area contributed by atoms with E-state index in [9.17, 15) is 23.1 Å². The molecule has 2 saturated heterocycles. The minimum absolute atomic E-state index is 0.0929. The van der Waals surface area contributed by atoms with Gasteiger partial charge in [-0.15, -0.1) is 0 Å². The molecule has 190 valence electrons. The quantitative estimate of drug-likeness (QED) is 0.512. The van der Waals surface area contributed by atoms with Gasteiger partial charge in [-0.1, -0.05) is 11.6 Å². The lowest BCUT2D eigenvalue weighted by molar-refractivity contribution is -0.144. The van der Waals surface area contributed by atoms with Crippen LogP contribution >= 0.6 is 11.6 Å². The molecule has 3 heterocycles. The first-order valence-electron chi connectivity index (χ1n) is 11.5. The number of hydrogen-bond acceptors (Lipinski definition) is 7. The van der Waals surface area contributed by atoms with Crippen LogP contribution in [-0.2, 0) is 6.18 Å². The zero-order valence-corrected chi connectivity index (χ0v) is 19.9. The maximum absolute atomic E-state index is 13.5. The van der Waals surface area contributed by atoms with Crippen LogP contribution in [0.2, 0.25) is 5.02 Å². The number of hydrogen-bond donors (Lipinski definition) is 2. The number of aliphatic hydroxyl groups is 1. The normalized spacial score (nSPS) is 21.4. The van der Waals surface area contributed by atoms with Crippen LogP contribution < -0.4 is 10.6 Å². The van der Waals surface area contributed by atoms with Crippen molar-refractivity contribution >= 4 is 39.9 Å². The van der Waals surface area contributed by atoms with Crippen LogP contribution in [0, 0.1) is 0 Å². The summed E-state index contributed by atoms with van der Waals surface area (Å²) >= 11 is 5.91. The molecule has 3 N–H and O–H groups in total. The van der Waals surface area contributed by atoms with Crippen molar-refractivity contribution in [3.8, 4) is 0 Å². The average molecular weight is 521 g/mol. The zero-order valence-electron chi connectivity index (χ0n) is 19.1. The molecule has 0 bridgehead atoms. The molecule has 0 spiro atoms. The van der Waals surface area contributed by atoms with E-state index in [0.29, 0.717) is 47.8 Å². The van der Waals surface area contributed by atoms with Gasteiger partial charge in [0.15, 0.2) is 0 Å². The van der Waals surface area contributed by atoms with Crippen molar-refractivity contribution in [3.05, 3.63) is 58.9 Å². The molecule has 0 unspecified atom stereocenters. The molecule has 0 aliphatic carbocycles. The number of benzene rings is 2. The Morgan fingerprint density at radius 3 is 2.39 bits per heavy atom. The molecular formula is C24H24ClF3N6O2. The first-order chi connectivity index (χ1) is 17.1. The lowest BCUT2D eigenvalue weighted by Gasteiger charge is -2.38. The molecule has 1 aromatic heterocycles. The van der Waals surface area contributed by atoms with E-state index in [1.807, 2.05) is 0 Å². The molecule has 5 rings (SSSR count). The topological polar surface area (TPSA) is 98.8 Å². The summed E-state index contributed by atoms with van der Waals surface area (Å²) in [6.45, 7) is 2.39. The van der Waals surface area contributed by atoms with E-state index in [0.717, 1.165) is 0 Å². The molecule has 3 aromatic rings. The highest BCUT2D eigenvalue weighted by Crippen LogP contribution is 2.34. The minimum atomic E-state index is -4.71. The van der Waals surface area contributed by atoms with Crippen molar-refractivity contribution in [1.29, 1.82) is 0 Å². The number of anilines is 2. The van der Waals surface area contributed by atoms with Gasteiger partial charge in [0.05, 0.1) is 17.7 Å². The van der Waals surface area contributed by atoms with Crippen molar-refractivity contribution in [2.24, 2.45) is 0 Å². The van der Waals surface area contributed by atoms with Crippen LogP contribution in [0.25, 0.3) is 10.9 Å². The Morgan fingerprint density at radius 1 is 1.03 bits per heavy atom. The third-order valence-corrected chi connectivity index (χ3v) is 6.93. The fourth-order valence-electron chi connectivity index (χ4n) is 4.83. The molecule has 2 atom stereocenters. The van der Waals surface area contributed by atoms with Crippen LogP contribution in [0.5, 0.6) is 0 Å². The SMILES string of the molecule is Nc1ccc2nc(C(F)(F)F)nc(N3C[C@H](O)[C@@H](N4CCN(C(=O)c5ccc(Cl)cc5)CC4)C3)c2c1. The van der Waals surface area contributed by atoms with Crippen LogP contribution in [-0.4, -0.2) is 82.2 Å². The molecule has 0 saturated carbocycles. The van der Waals surface area contributed by atoms with Crippen molar-refractivity contribution in [1.82, 2.24) is 19.8 Å². The Labute approximate surface area is 210 Å². The van der Waals surface area contributed by atoms with Crippen molar-refractivity contribution in [2.45, 2.75) is 18.3 Å². The number of nitrogen functional groups attached to an aromatic ring is 1. The monoisotopic (exact) mass is 520 g/mol. The second-order valence-corrected chi connectivity index (χ2v) is 9.46. The molecule has 0 radical (unpaired) electrons. The number of amides is 1. The summed E-state index contributed by atoms with van der Waals surface area (Å²) in [6, 6.07) is 10.9. The van der Waals surface area contributed by atoms with Gasteiger partial charge >= 0.3 is 6.18 Å². The minimum Gasteiger partial charge on any atom is -0.399 e. The van der Waals surface area contributed by atoms with Gasteiger partial charge < -0.3 is 20.6 Å². The van der Waals surface area contributed by atoms with E-state index in [-0.39, 0.29) is 36.4 Å². The smallest absolute Gasteiger partial charge is 0.399 e. The number of β-amino-alcohol motifs (C(OH)–C–C–N with tert-alkyl or cyclic N) is 1. The van der Waals surface area contributed by atoms with Crippen LogP contribution in [0.3, 0.4) is 0 Å². The molecule has 36 heavy (non-hydrogen) atoms. The molecule has 1 amide bonds. The first-order valence-corrected chi connectivity index (χ1v) is 11.8. The van der Waals surface area contributed by atoms with Gasteiger partial charge in [0.2, 0.25) is 5.82 Å². The highest BCUT2D eigenvalue weighted by Gasteiger charge is 2.40. The van der Waals surface area contributed by atoms with Crippen molar-refractivity contribution in [3.63, 3.8) is 0 Å². The van der Waals surface area contributed by atoms with E-state index >= 15 is 0 Å². The summed E-state index contributed by atoms with van der Waals surface area (Å²) in [5.74, 6) is -1.23. The van der Waals surface area contributed by atoms with E-state index in [1.54, 1.807) is 40.1 Å². The third-order valence-electron chi connectivity index (χ3n) is 6.67. The summed E-state index contributed by atoms with van der Waals surface area (Å²) in [7, 11) is 0. The Kier molecular flexibility index (Phi) is 6.39. The number of carbonyl (C=O) groups excluding carboxylic acids is 1. The van der Waals surface area contributed by atoms with Gasteiger partial charge in [-0.3, -0.25) is 9.69 Å². The van der Waals surface area contributed by atoms with Gasteiger partial charge in [-0.2, -0.15) is 13.2 Å². The van der Waals surface area contributed by atoms with E-state index < -0.39 is 18.1 Å². The fraction of sp³-hybridized carbons (Fsp3) is 0.375. The van der Waals surface area contributed by atoms with Gasteiger partial charge in [0.1, 0.15) is 5.82 Å². The first kappa shape index (κ1) is 24.5. The number of aliphatic hydroxyl groups excluding tert-OH is 1. The van der Waals surface area contributed by atoms with Crippen LogP contribution in [0.1, 0.15) is 16.2 Å². The zero-order chi connectivity index (χ0) is 25.6. The summed E-state index contributed by atoms with van der Waals surface area (Å²) in [6.07, 6.45) is -5.52. The number of carbonyl (C=O) groups is 1. The molecule has 2 aliphatic rings.